The highest BCUT2D eigenvalue weighted by Crippen LogP contribution is 2.27. The second kappa shape index (κ2) is 6.60. The van der Waals surface area contributed by atoms with Crippen molar-refractivity contribution in [3.05, 3.63) is 35.4 Å². The van der Waals surface area contributed by atoms with Crippen molar-refractivity contribution in [2.24, 2.45) is 0 Å². The summed E-state index contributed by atoms with van der Waals surface area (Å²) in [5, 5.41) is 11.3. The number of nitrogens with one attached hydrogen (secondary N) is 1. The normalized spacial score (nSPS) is 16.4. The maximum Gasteiger partial charge on any atom is 0.404 e. The maximum atomic E-state index is 12.5. The van der Waals surface area contributed by atoms with Gasteiger partial charge in [0, 0.05) is 0 Å². The van der Waals surface area contributed by atoms with Gasteiger partial charge in [-0.2, -0.15) is 0 Å². The lowest BCUT2D eigenvalue weighted by Gasteiger charge is -2.31. The molecule has 2 N–H and O–H groups in total. The lowest BCUT2D eigenvalue weighted by Crippen LogP contribution is -2.52. The number of fused-ring (bicyclic) bond motifs is 1. The molecule has 22 heavy (non-hydrogen) atoms. The Hall–Kier alpha value is -2.37. The second-order valence-electron chi connectivity index (χ2n) is 5.47. The summed E-state index contributed by atoms with van der Waals surface area (Å²) in [6, 6.07) is 5.68. The van der Waals surface area contributed by atoms with Gasteiger partial charge in [0.05, 0.1) is 23.2 Å². The molecule has 1 aromatic carbocycles. The summed E-state index contributed by atoms with van der Waals surface area (Å²) in [6.45, 7) is 3.69. The molecule has 118 valence electrons. The second-order valence-corrected chi connectivity index (χ2v) is 5.47. The number of unbranched alkanes of at least 4 members (excludes halogenated alkanes) is 1. The molecule has 1 aliphatic rings. The summed E-state index contributed by atoms with van der Waals surface area (Å²) in [5.41, 5.74) is 0.771. The quantitative estimate of drug-likeness (QED) is 0.791. The average molecular weight is 304 g/mol. The molecule has 1 aromatic rings. The monoisotopic (exact) mass is 304 g/mol. The zero-order valence-electron chi connectivity index (χ0n) is 12.7. The van der Waals surface area contributed by atoms with E-state index in [1.807, 2.05) is 6.92 Å². The molecule has 1 heterocycles. The molecule has 6 heteroatoms. The largest absolute Gasteiger partial charge is 0.465 e. The van der Waals surface area contributed by atoms with Gasteiger partial charge < -0.3 is 10.4 Å². The Labute approximate surface area is 129 Å². The van der Waals surface area contributed by atoms with Crippen molar-refractivity contribution >= 4 is 17.9 Å². The number of amides is 3. The van der Waals surface area contributed by atoms with Crippen LogP contribution < -0.4 is 5.32 Å². The molecular formula is C16H20N2O4. The molecule has 2 atom stereocenters. The van der Waals surface area contributed by atoms with E-state index in [-0.39, 0.29) is 11.8 Å². The molecule has 0 aromatic heterocycles. The minimum Gasteiger partial charge on any atom is -0.465 e. The first-order valence-corrected chi connectivity index (χ1v) is 7.43. The summed E-state index contributed by atoms with van der Waals surface area (Å²) in [5.74, 6) is -0.693. The van der Waals surface area contributed by atoms with Gasteiger partial charge in [-0.1, -0.05) is 31.9 Å². The van der Waals surface area contributed by atoms with Crippen LogP contribution in [0.2, 0.25) is 0 Å². The Morgan fingerprint density at radius 1 is 1.23 bits per heavy atom. The van der Waals surface area contributed by atoms with Gasteiger partial charge in [-0.05, 0) is 25.5 Å². The van der Waals surface area contributed by atoms with Crippen LogP contribution in [-0.2, 0) is 0 Å². The summed E-state index contributed by atoms with van der Waals surface area (Å²) < 4.78 is 0. The van der Waals surface area contributed by atoms with Crippen molar-refractivity contribution in [3.63, 3.8) is 0 Å². The fraction of sp³-hybridized carbons (Fsp3) is 0.438. The molecular weight excluding hydrogens is 284 g/mol. The third-order valence-electron chi connectivity index (χ3n) is 3.94. The number of hydrogen-bond donors (Lipinski definition) is 2. The highest BCUT2D eigenvalue weighted by atomic mass is 16.4. The van der Waals surface area contributed by atoms with Gasteiger partial charge in [-0.3, -0.25) is 14.5 Å². The number of nitrogens with zero attached hydrogens (tertiary/aromatic N) is 1. The summed E-state index contributed by atoms with van der Waals surface area (Å²) in [4.78, 5) is 37.2. The highest BCUT2D eigenvalue weighted by molar-refractivity contribution is 6.21. The Morgan fingerprint density at radius 2 is 1.77 bits per heavy atom. The number of imide groups is 1. The predicted molar refractivity (Wildman–Crippen MR) is 80.9 cm³/mol. The van der Waals surface area contributed by atoms with Gasteiger partial charge in [-0.25, -0.2) is 4.79 Å². The smallest absolute Gasteiger partial charge is 0.404 e. The molecule has 0 saturated carbocycles. The lowest BCUT2D eigenvalue weighted by atomic mass is 10.0. The van der Waals surface area contributed by atoms with Crippen molar-refractivity contribution in [1.29, 1.82) is 0 Å². The number of carbonyl (C=O) groups is 3. The molecule has 0 bridgehead atoms. The average Bonchev–Trinajstić information content (AvgIpc) is 2.72. The van der Waals surface area contributed by atoms with E-state index in [0.717, 1.165) is 12.8 Å². The number of carbonyl (C=O) groups excluding carboxylic acids is 2. The van der Waals surface area contributed by atoms with Crippen molar-refractivity contribution in [2.45, 2.75) is 45.2 Å². The third kappa shape index (κ3) is 2.95. The van der Waals surface area contributed by atoms with Crippen LogP contribution in [0.5, 0.6) is 0 Å². The number of hydrogen-bond acceptors (Lipinski definition) is 3. The SMILES string of the molecule is CCCC[C@H]([C@H](C)NC(=O)O)N1C(=O)c2ccccc2C1=O. The molecule has 0 aliphatic carbocycles. The Kier molecular flexibility index (Phi) is 4.80. The Balaban J connectivity index is 2.30. The van der Waals surface area contributed by atoms with Gasteiger partial charge in [0.25, 0.3) is 11.8 Å². The van der Waals surface area contributed by atoms with Crippen LogP contribution in [0.25, 0.3) is 0 Å². The zero-order chi connectivity index (χ0) is 16.3. The van der Waals surface area contributed by atoms with Gasteiger partial charge in [-0.15, -0.1) is 0 Å². The summed E-state index contributed by atoms with van der Waals surface area (Å²) in [6.07, 6.45) is 1.12. The van der Waals surface area contributed by atoms with E-state index >= 15 is 0 Å². The van der Waals surface area contributed by atoms with Crippen molar-refractivity contribution in [3.8, 4) is 0 Å². The third-order valence-corrected chi connectivity index (χ3v) is 3.94. The molecule has 1 aliphatic heterocycles. The van der Waals surface area contributed by atoms with Crippen LogP contribution in [0.4, 0.5) is 4.79 Å². The molecule has 0 fully saturated rings. The first-order chi connectivity index (χ1) is 10.5. The first-order valence-electron chi connectivity index (χ1n) is 7.43. The van der Waals surface area contributed by atoms with E-state index in [9.17, 15) is 14.4 Å². The van der Waals surface area contributed by atoms with E-state index < -0.39 is 18.2 Å². The molecule has 3 amide bonds. The van der Waals surface area contributed by atoms with Crippen LogP contribution in [0.3, 0.4) is 0 Å². The van der Waals surface area contributed by atoms with Gasteiger partial charge in [0.2, 0.25) is 0 Å². The summed E-state index contributed by atoms with van der Waals surface area (Å²) >= 11 is 0. The number of rotatable bonds is 6. The van der Waals surface area contributed by atoms with Crippen LogP contribution in [0.15, 0.2) is 24.3 Å². The zero-order valence-corrected chi connectivity index (χ0v) is 12.7. The number of benzene rings is 1. The van der Waals surface area contributed by atoms with E-state index in [1.54, 1.807) is 31.2 Å². The molecule has 6 nitrogen and oxygen atoms in total. The fourth-order valence-electron chi connectivity index (χ4n) is 2.82. The van der Waals surface area contributed by atoms with Crippen molar-refractivity contribution < 1.29 is 19.5 Å². The standard InChI is InChI=1S/C16H20N2O4/c1-3-4-9-13(10(2)17-16(21)22)18-14(19)11-7-5-6-8-12(11)15(18)20/h5-8,10,13,17H,3-4,9H2,1-2H3,(H,21,22)/t10-,13+/m0/s1. The van der Waals surface area contributed by atoms with Crippen LogP contribution in [-0.4, -0.2) is 40.0 Å². The molecule has 0 radical (unpaired) electrons. The fourth-order valence-corrected chi connectivity index (χ4v) is 2.82. The van der Waals surface area contributed by atoms with Crippen molar-refractivity contribution in [1.82, 2.24) is 10.2 Å². The predicted octanol–water partition coefficient (Wildman–Crippen LogP) is 2.50. The van der Waals surface area contributed by atoms with Crippen molar-refractivity contribution in [2.75, 3.05) is 0 Å². The van der Waals surface area contributed by atoms with Crippen LogP contribution in [0, 0.1) is 0 Å². The van der Waals surface area contributed by atoms with Crippen LogP contribution in [0.1, 0.15) is 53.8 Å². The van der Waals surface area contributed by atoms with Gasteiger partial charge in [0.1, 0.15) is 0 Å². The molecule has 0 unspecified atom stereocenters. The minimum absolute atomic E-state index is 0.347. The van der Waals surface area contributed by atoms with Gasteiger partial charge >= 0.3 is 6.09 Å². The Bertz CT molecular complexity index is 565. The van der Waals surface area contributed by atoms with Crippen LogP contribution >= 0.6 is 0 Å². The van der Waals surface area contributed by atoms with E-state index in [4.69, 9.17) is 5.11 Å². The molecule has 0 saturated heterocycles. The van der Waals surface area contributed by atoms with Gasteiger partial charge in [0.15, 0.2) is 0 Å². The minimum atomic E-state index is -1.16. The molecule has 0 spiro atoms. The Morgan fingerprint density at radius 3 is 2.23 bits per heavy atom. The molecule has 2 rings (SSSR count). The highest BCUT2D eigenvalue weighted by Gasteiger charge is 2.41. The lowest BCUT2D eigenvalue weighted by molar-refractivity contribution is 0.0538. The number of carboxylic acid groups (broad SMARTS) is 1. The topological polar surface area (TPSA) is 86.7 Å². The summed E-state index contributed by atoms with van der Waals surface area (Å²) in [7, 11) is 0. The maximum absolute atomic E-state index is 12.5. The van der Waals surface area contributed by atoms with E-state index in [0.29, 0.717) is 17.5 Å². The first kappa shape index (κ1) is 16.0. The van der Waals surface area contributed by atoms with E-state index in [1.165, 1.54) is 4.90 Å². The van der Waals surface area contributed by atoms with E-state index in [2.05, 4.69) is 5.32 Å².